The molecule has 0 bridgehead atoms. The lowest BCUT2D eigenvalue weighted by Gasteiger charge is -2.09. The van der Waals surface area contributed by atoms with Gasteiger partial charge in [-0.1, -0.05) is 48.0 Å². The zero-order chi connectivity index (χ0) is 22.9. The number of hydrazone groups is 1. The highest BCUT2D eigenvalue weighted by atomic mass is 16.6. The number of nitro groups is 1. The van der Waals surface area contributed by atoms with Gasteiger partial charge in [-0.25, -0.2) is 5.43 Å². The molecule has 0 radical (unpaired) electrons. The Bertz CT molecular complexity index is 1170. The van der Waals surface area contributed by atoms with E-state index in [0.29, 0.717) is 11.1 Å². The molecule has 3 rings (SSSR count). The number of nitrogens with zero attached hydrogens (tertiary/aromatic N) is 2. The van der Waals surface area contributed by atoms with E-state index in [0.717, 1.165) is 11.1 Å². The van der Waals surface area contributed by atoms with Crippen LogP contribution < -0.4 is 10.7 Å². The van der Waals surface area contributed by atoms with Crippen molar-refractivity contribution in [1.29, 1.82) is 0 Å². The number of rotatable bonds is 7. The molecule has 2 amide bonds. The van der Waals surface area contributed by atoms with Gasteiger partial charge >= 0.3 is 0 Å². The van der Waals surface area contributed by atoms with Crippen LogP contribution in [0.5, 0.6) is 0 Å². The van der Waals surface area contributed by atoms with Crippen molar-refractivity contribution in [2.75, 3.05) is 0 Å². The first kappa shape index (κ1) is 22.1. The Hall–Kier alpha value is -4.59. The van der Waals surface area contributed by atoms with E-state index >= 15 is 0 Å². The van der Waals surface area contributed by atoms with Gasteiger partial charge in [-0.15, -0.1) is 0 Å². The Morgan fingerprint density at radius 1 is 0.906 bits per heavy atom. The fourth-order valence-electron chi connectivity index (χ4n) is 2.68. The maximum atomic E-state index is 12.7. The van der Waals surface area contributed by atoms with Crippen LogP contribution in [0.25, 0.3) is 6.08 Å². The minimum atomic E-state index is -0.643. The van der Waals surface area contributed by atoms with Crippen molar-refractivity contribution in [2.24, 2.45) is 5.10 Å². The van der Waals surface area contributed by atoms with Crippen molar-refractivity contribution in [2.45, 2.75) is 6.92 Å². The van der Waals surface area contributed by atoms with Gasteiger partial charge in [-0.05, 0) is 48.4 Å². The van der Waals surface area contributed by atoms with E-state index in [1.165, 1.54) is 36.6 Å². The Morgan fingerprint density at radius 3 is 2.16 bits per heavy atom. The maximum absolute atomic E-state index is 12.7. The summed E-state index contributed by atoms with van der Waals surface area (Å²) < 4.78 is 0. The highest BCUT2D eigenvalue weighted by Gasteiger charge is 2.14. The largest absolute Gasteiger partial charge is 0.317 e. The summed E-state index contributed by atoms with van der Waals surface area (Å²) in [6, 6.07) is 21.6. The Kier molecular flexibility index (Phi) is 7.21. The van der Waals surface area contributed by atoms with Crippen molar-refractivity contribution in [1.82, 2.24) is 10.7 Å². The lowest BCUT2D eigenvalue weighted by atomic mass is 10.1. The SMILES string of the molecule is Cc1ccc(/C=N\NC(=O)/C(=C/c2ccc([N+](=O)[O-])cc2)NC(=O)c2ccccc2)cc1. The van der Waals surface area contributed by atoms with Gasteiger partial charge in [0.15, 0.2) is 0 Å². The van der Waals surface area contributed by atoms with Crippen molar-refractivity contribution in [3.8, 4) is 0 Å². The molecular formula is C24H20N4O4. The van der Waals surface area contributed by atoms with E-state index in [-0.39, 0.29) is 11.4 Å². The number of nitrogens with one attached hydrogen (secondary N) is 2. The van der Waals surface area contributed by atoms with Gasteiger partial charge in [0.2, 0.25) is 0 Å². The van der Waals surface area contributed by atoms with Crippen LogP contribution in [0, 0.1) is 17.0 Å². The Morgan fingerprint density at radius 2 is 1.53 bits per heavy atom. The second kappa shape index (κ2) is 10.4. The van der Waals surface area contributed by atoms with Crippen LogP contribution in [-0.4, -0.2) is 23.0 Å². The molecule has 0 heterocycles. The molecule has 0 spiro atoms. The number of non-ortho nitro benzene ring substituents is 1. The van der Waals surface area contributed by atoms with E-state index in [4.69, 9.17) is 0 Å². The fraction of sp³-hybridized carbons (Fsp3) is 0.0417. The fourth-order valence-corrected chi connectivity index (χ4v) is 2.68. The first-order valence-corrected chi connectivity index (χ1v) is 9.65. The average Bonchev–Trinajstić information content (AvgIpc) is 2.80. The van der Waals surface area contributed by atoms with E-state index in [1.807, 2.05) is 31.2 Å². The van der Waals surface area contributed by atoms with Gasteiger partial charge < -0.3 is 5.32 Å². The van der Waals surface area contributed by atoms with Crippen molar-refractivity contribution >= 4 is 29.8 Å². The van der Waals surface area contributed by atoms with Crippen molar-refractivity contribution in [3.63, 3.8) is 0 Å². The third-order valence-corrected chi connectivity index (χ3v) is 4.40. The Labute approximate surface area is 184 Å². The van der Waals surface area contributed by atoms with Gasteiger partial charge in [0.05, 0.1) is 11.1 Å². The number of nitro benzene ring substituents is 1. The highest BCUT2D eigenvalue weighted by molar-refractivity contribution is 6.05. The second-order valence-corrected chi connectivity index (χ2v) is 6.84. The first-order valence-electron chi connectivity index (χ1n) is 9.65. The molecule has 0 fully saturated rings. The molecule has 8 nitrogen and oxygen atoms in total. The zero-order valence-electron chi connectivity index (χ0n) is 17.2. The molecule has 2 N–H and O–H groups in total. The van der Waals surface area contributed by atoms with Crippen LogP contribution in [0.1, 0.15) is 27.0 Å². The predicted octanol–water partition coefficient (Wildman–Crippen LogP) is 3.82. The maximum Gasteiger partial charge on any atom is 0.287 e. The lowest BCUT2D eigenvalue weighted by Crippen LogP contribution is -2.32. The van der Waals surface area contributed by atoms with Gasteiger partial charge in [0.25, 0.3) is 17.5 Å². The summed E-state index contributed by atoms with van der Waals surface area (Å²) in [5, 5.41) is 17.4. The van der Waals surface area contributed by atoms with Crippen LogP contribution in [0.2, 0.25) is 0 Å². The topological polar surface area (TPSA) is 114 Å². The minimum Gasteiger partial charge on any atom is -0.317 e. The van der Waals surface area contributed by atoms with E-state index in [1.54, 1.807) is 30.3 Å². The molecule has 0 aliphatic carbocycles. The molecule has 0 aliphatic rings. The standard InChI is InChI=1S/C24H20N4O4/c1-17-7-9-19(10-8-17)16-25-27-24(30)22(26-23(29)20-5-3-2-4-6-20)15-18-11-13-21(14-12-18)28(31)32/h2-16H,1H3,(H,26,29)(H,27,30)/b22-15-,25-16-. The van der Waals surface area contributed by atoms with Crippen molar-refractivity contribution < 1.29 is 14.5 Å². The predicted molar refractivity (Wildman–Crippen MR) is 122 cm³/mol. The molecule has 160 valence electrons. The number of aryl methyl sites for hydroxylation is 1. The summed E-state index contributed by atoms with van der Waals surface area (Å²) in [5.41, 5.74) is 5.02. The summed E-state index contributed by atoms with van der Waals surface area (Å²) in [6.07, 6.45) is 2.90. The molecule has 0 aliphatic heterocycles. The van der Waals surface area contributed by atoms with Crippen LogP contribution in [0.15, 0.2) is 89.7 Å². The van der Waals surface area contributed by atoms with Gasteiger partial charge in [0.1, 0.15) is 5.70 Å². The first-order chi connectivity index (χ1) is 15.4. The molecule has 0 aromatic heterocycles. The van der Waals surface area contributed by atoms with E-state index < -0.39 is 16.7 Å². The number of amides is 2. The van der Waals surface area contributed by atoms with Crippen molar-refractivity contribution in [3.05, 3.63) is 117 Å². The van der Waals surface area contributed by atoms with E-state index in [9.17, 15) is 19.7 Å². The van der Waals surface area contributed by atoms with E-state index in [2.05, 4.69) is 15.8 Å². The zero-order valence-corrected chi connectivity index (χ0v) is 17.2. The molecule has 0 atom stereocenters. The summed E-state index contributed by atoms with van der Waals surface area (Å²) in [5.74, 6) is -1.12. The summed E-state index contributed by atoms with van der Waals surface area (Å²) >= 11 is 0. The lowest BCUT2D eigenvalue weighted by molar-refractivity contribution is -0.384. The van der Waals surface area contributed by atoms with Crippen LogP contribution in [-0.2, 0) is 4.79 Å². The molecular weight excluding hydrogens is 408 g/mol. The summed E-state index contributed by atoms with van der Waals surface area (Å²) in [6.45, 7) is 1.97. The third-order valence-electron chi connectivity index (χ3n) is 4.40. The van der Waals surface area contributed by atoms with Gasteiger partial charge in [-0.2, -0.15) is 5.10 Å². The van der Waals surface area contributed by atoms with Gasteiger partial charge in [-0.3, -0.25) is 19.7 Å². The minimum absolute atomic E-state index is 0.0613. The average molecular weight is 428 g/mol. The molecule has 32 heavy (non-hydrogen) atoms. The highest BCUT2D eigenvalue weighted by Crippen LogP contribution is 2.14. The molecule has 3 aromatic carbocycles. The molecule has 0 saturated carbocycles. The third kappa shape index (κ3) is 6.20. The summed E-state index contributed by atoms with van der Waals surface area (Å²) in [4.78, 5) is 35.6. The van der Waals surface area contributed by atoms with Crippen LogP contribution >= 0.6 is 0 Å². The quantitative estimate of drug-likeness (QED) is 0.258. The molecule has 3 aromatic rings. The number of carbonyl (C=O) groups is 2. The number of carbonyl (C=O) groups excluding carboxylic acids is 2. The normalized spacial score (nSPS) is 11.2. The number of benzene rings is 3. The molecule has 0 unspecified atom stereocenters. The second-order valence-electron chi connectivity index (χ2n) is 6.84. The van der Waals surface area contributed by atoms with Gasteiger partial charge in [0, 0.05) is 17.7 Å². The number of hydrogen-bond donors (Lipinski definition) is 2. The number of hydrogen-bond acceptors (Lipinski definition) is 5. The molecule has 0 saturated heterocycles. The van der Waals surface area contributed by atoms with Crippen LogP contribution in [0.3, 0.4) is 0 Å². The monoisotopic (exact) mass is 428 g/mol. The smallest absolute Gasteiger partial charge is 0.287 e. The molecule has 8 heteroatoms. The Balaban J connectivity index is 1.81. The van der Waals surface area contributed by atoms with Crippen LogP contribution in [0.4, 0.5) is 5.69 Å². The summed E-state index contributed by atoms with van der Waals surface area (Å²) in [7, 11) is 0.